The molecule has 2 nitrogen and oxygen atoms in total. The van der Waals surface area contributed by atoms with Gasteiger partial charge in [0.15, 0.2) is 0 Å². The molecule has 0 aliphatic carbocycles. The molecule has 0 N–H and O–H groups in total. The average molecular weight is 521 g/mol. The first-order valence-corrected chi connectivity index (χ1v) is 20.6. The van der Waals surface area contributed by atoms with Crippen LogP contribution in [0.4, 0.5) is 0 Å². The van der Waals surface area contributed by atoms with Crippen LogP contribution < -0.4 is 3.58 Å². The third-order valence-corrected chi connectivity index (χ3v) is 23.0. The van der Waals surface area contributed by atoms with Gasteiger partial charge < -0.3 is 0 Å². The van der Waals surface area contributed by atoms with Gasteiger partial charge in [-0.25, -0.2) is 0 Å². The van der Waals surface area contributed by atoms with Gasteiger partial charge in [-0.2, -0.15) is 0 Å². The van der Waals surface area contributed by atoms with Crippen LogP contribution in [0, 0.1) is 0 Å². The van der Waals surface area contributed by atoms with Crippen LogP contribution in [-0.4, -0.2) is 67.9 Å². The van der Waals surface area contributed by atoms with E-state index in [2.05, 4.69) is 61.9 Å². The van der Waals surface area contributed by atoms with Crippen LogP contribution in [-0.2, 0) is 6.42 Å². The number of likely N-dealkylation sites (tertiary alicyclic amines) is 1. The minimum absolute atomic E-state index is 1.18. The Morgan fingerprint density at radius 1 is 0.800 bits per heavy atom. The molecular formula is C27H50N2Sn. The van der Waals surface area contributed by atoms with Crippen LogP contribution in [0.25, 0.3) is 0 Å². The quantitative estimate of drug-likeness (QED) is 0.235. The summed E-state index contributed by atoms with van der Waals surface area (Å²) in [5.41, 5.74) is 1.54. The molecule has 0 amide bonds. The standard InChI is InChI=1S/C15H23N2.3C4H9.Sn/c1-16(13-14-17-10-5-6-11-17)12-9-15-7-3-2-4-8-15;3*1-3-4-2;/h3-4,7-8H,5-6,9-14H2,1H3;3*1,3-4H2,2H3;. The van der Waals surface area contributed by atoms with Gasteiger partial charge >= 0.3 is 193 Å². The average Bonchev–Trinajstić information content (AvgIpc) is 3.30. The van der Waals surface area contributed by atoms with Crippen LogP contribution in [0.2, 0.25) is 13.3 Å². The zero-order chi connectivity index (χ0) is 21.7. The topological polar surface area (TPSA) is 6.48 Å². The van der Waals surface area contributed by atoms with E-state index in [1.54, 1.807) is 13.3 Å². The Bertz CT molecular complexity index is 529. The van der Waals surface area contributed by atoms with E-state index in [0.717, 1.165) is 0 Å². The maximum atomic E-state index is 2.63. The van der Waals surface area contributed by atoms with Gasteiger partial charge in [-0.15, -0.1) is 0 Å². The van der Waals surface area contributed by atoms with Crippen LogP contribution in [0.15, 0.2) is 24.3 Å². The molecule has 0 bridgehead atoms. The third-order valence-electron chi connectivity index (χ3n) is 7.37. The SMILES string of the molecule is CCC[CH2][Sn]([CH2]CCC)([CH2]CCC)[c]1ccc(CCN(C)CCN2CCCC2)cc1. The molecule has 0 saturated carbocycles. The van der Waals surface area contributed by atoms with Crippen LogP contribution in [0.5, 0.6) is 0 Å². The second-order valence-corrected chi connectivity index (χ2v) is 23.1. The first-order chi connectivity index (χ1) is 14.6. The van der Waals surface area contributed by atoms with E-state index in [4.69, 9.17) is 0 Å². The van der Waals surface area contributed by atoms with Crippen molar-refractivity contribution in [1.82, 2.24) is 9.80 Å². The fraction of sp³-hybridized carbons (Fsp3) is 0.778. The number of nitrogens with zero attached hydrogens (tertiary/aromatic N) is 2. The van der Waals surface area contributed by atoms with Crippen molar-refractivity contribution in [1.29, 1.82) is 0 Å². The number of likely N-dealkylation sites (N-methyl/N-ethyl adjacent to an activating group) is 1. The first-order valence-electron chi connectivity index (χ1n) is 13.1. The fourth-order valence-electron chi connectivity index (χ4n) is 5.13. The molecule has 1 aliphatic rings. The van der Waals surface area contributed by atoms with Gasteiger partial charge in [-0.1, -0.05) is 0 Å². The van der Waals surface area contributed by atoms with E-state index < -0.39 is 18.4 Å². The van der Waals surface area contributed by atoms with Crippen molar-refractivity contribution >= 4 is 22.0 Å². The van der Waals surface area contributed by atoms with Gasteiger partial charge in [0.2, 0.25) is 0 Å². The van der Waals surface area contributed by atoms with Crippen LogP contribution in [0.1, 0.15) is 77.7 Å². The van der Waals surface area contributed by atoms with Crippen molar-refractivity contribution in [2.75, 3.05) is 39.8 Å². The molecule has 1 fully saturated rings. The fourth-order valence-corrected chi connectivity index (χ4v) is 21.1. The molecule has 0 radical (unpaired) electrons. The summed E-state index contributed by atoms with van der Waals surface area (Å²) in [5.74, 6) is 0. The van der Waals surface area contributed by atoms with Gasteiger partial charge in [0.05, 0.1) is 0 Å². The monoisotopic (exact) mass is 522 g/mol. The summed E-state index contributed by atoms with van der Waals surface area (Å²) in [6, 6.07) is 10.1. The van der Waals surface area contributed by atoms with Crippen molar-refractivity contribution in [3.63, 3.8) is 0 Å². The van der Waals surface area contributed by atoms with Gasteiger partial charge in [-0.3, -0.25) is 0 Å². The minimum atomic E-state index is -2.25. The molecule has 30 heavy (non-hydrogen) atoms. The van der Waals surface area contributed by atoms with E-state index in [1.165, 1.54) is 96.1 Å². The molecule has 1 aliphatic heterocycles. The van der Waals surface area contributed by atoms with Gasteiger partial charge in [0, 0.05) is 0 Å². The van der Waals surface area contributed by atoms with Crippen molar-refractivity contribution in [3.8, 4) is 0 Å². The Kier molecular flexibility index (Phi) is 13.0. The number of unbranched alkanes of at least 4 members (excludes halogenated alkanes) is 3. The van der Waals surface area contributed by atoms with Crippen molar-refractivity contribution in [3.05, 3.63) is 29.8 Å². The third kappa shape index (κ3) is 8.82. The molecule has 0 atom stereocenters. The predicted octanol–water partition coefficient (Wildman–Crippen LogP) is 6.31. The first kappa shape index (κ1) is 26.2. The zero-order valence-electron chi connectivity index (χ0n) is 20.7. The normalized spacial score (nSPS) is 15.4. The van der Waals surface area contributed by atoms with E-state index in [0.29, 0.717) is 0 Å². The van der Waals surface area contributed by atoms with E-state index in [1.807, 2.05) is 3.58 Å². The molecule has 3 heteroatoms. The molecule has 0 aromatic heterocycles. The summed E-state index contributed by atoms with van der Waals surface area (Å²) in [5, 5.41) is 0. The number of hydrogen-bond acceptors (Lipinski definition) is 2. The number of rotatable bonds is 16. The molecule has 0 spiro atoms. The molecule has 1 aromatic carbocycles. The summed E-state index contributed by atoms with van der Waals surface area (Å²) in [6.45, 7) is 13.4. The van der Waals surface area contributed by atoms with Gasteiger partial charge in [0.1, 0.15) is 0 Å². The second-order valence-electron chi connectivity index (χ2n) is 9.89. The zero-order valence-corrected chi connectivity index (χ0v) is 23.6. The summed E-state index contributed by atoms with van der Waals surface area (Å²) in [6.07, 6.45) is 12.4. The van der Waals surface area contributed by atoms with E-state index in [-0.39, 0.29) is 0 Å². The van der Waals surface area contributed by atoms with Crippen molar-refractivity contribution in [2.24, 2.45) is 0 Å². The van der Waals surface area contributed by atoms with Gasteiger partial charge in [0.25, 0.3) is 0 Å². The molecule has 172 valence electrons. The van der Waals surface area contributed by atoms with E-state index >= 15 is 0 Å². The van der Waals surface area contributed by atoms with E-state index in [9.17, 15) is 0 Å². The second kappa shape index (κ2) is 14.9. The Labute approximate surface area is 192 Å². The molecule has 1 aromatic rings. The Balaban J connectivity index is 1.94. The van der Waals surface area contributed by atoms with Crippen molar-refractivity contribution in [2.45, 2.75) is 91.9 Å². The number of benzene rings is 1. The Hall–Kier alpha value is -0.0613. The Morgan fingerprint density at radius 3 is 1.83 bits per heavy atom. The maximum absolute atomic E-state index is 2.63. The van der Waals surface area contributed by atoms with Crippen LogP contribution in [0.3, 0.4) is 0 Å². The van der Waals surface area contributed by atoms with Crippen molar-refractivity contribution < 1.29 is 0 Å². The molecule has 1 heterocycles. The van der Waals surface area contributed by atoms with Crippen LogP contribution >= 0.6 is 0 Å². The van der Waals surface area contributed by atoms with Gasteiger partial charge in [-0.05, 0) is 0 Å². The molecule has 0 unspecified atom stereocenters. The summed E-state index contributed by atoms with van der Waals surface area (Å²) < 4.78 is 6.54. The number of hydrogen-bond donors (Lipinski definition) is 0. The molecular weight excluding hydrogens is 471 g/mol. The Morgan fingerprint density at radius 2 is 1.33 bits per heavy atom. The molecule has 2 rings (SSSR count). The summed E-state index contributed by atoms with van der Waals surface area (Å²) in [7, 11) is 2.30. The summed E-state index contributed by atoms with van der Waals surface area (Å²) in [4.78, 5) is 5.15. The summed E-state index contributed by atoms with van der Waals surface area (Å²) >= 11 is -2.25. The predicted molar refractivity (Wildman–Crippen MR) is 138 cm³/mol. The molecule has 1 saturated heterocycles.